The number of aromatic nitrogens is 2. The van der Waals surface area contributed by atoms with Gasteiger partial charge in [0.2, 0.25) is 5.84 Å². The van der Waals surface area contributed by atoms with E-state index in [4.69, 9.17) is 10.1 Å². The molecule has 1 unspecified atom stereocenters. The molecule has 0 saturated heterocycles. The fraction of sp³-hybridized carbons (Fsp3) is 0.100. The molecule has 0 bridgehead atoms. The Morgan fingerprint density at radius 1 is 1.04 bits per heavy atom. The smallest absolute Gasteiger partial charge is 0.279 e. The first-order chi connectivity index (χ1) is 12.6. The van der Waals surface area contributed by atoms with E-state index in [0.29, 0.717) is 10.4 Å². The van der Waals surface area contributed by atoms with Crippen LogP contribution < -0.4 is 0 Å². The fourth-order valence-electron chi connectivity index (χ4n) is 3.31. The third-order valence-corrected chi connectivity index (χ3v) is 4.79. The van der Waals surface area contributed by atoms with Gasteiger partial charge in [0.15, 0.2) is 0 Å². The maximum atomic E-state index is 4.84. The highest BCUT2D eigenvalue weighted by Crippen LogP contribution is 2.25. The maximum Gasteiger partial charge on any atom is 0.279 e. The van der Waals surface area contributed by atoms with Crippen molar-refractivity contribution in [3.63, 3.8) is 0 Å². The number of benzene rings is 1. The van der Waals surface area contributed by atoms with Gasteiger partial charge in [0.25, 0.3) is 5.84 Å². The number of aliphatic imine (C=N–C) groups is 2. The number of nitrogens with zero attached hydrogens (tertiary/aromatic N) is 6. The number of imidazole rings is 1. The molecule has 26 heavy (non-hydrogen) atoms. The number of amidine groups is 2. The van der Waals surface area contributed by atoms with Gasteiger partial charge in [-0.15, -0.1) is 4.59 Å². The summed E-state index contributed by atoms with van der Waals surface area (Å²) < 4.78 is 2.40. The van der Waals surface area contributed by atoms with Gasteiger partial charge in [-0.25, -0.2) is 4.98 Å². The van der Waals surface area contributed by atoms with Crippen molar-refractivity contribution in [2.75, 3.05) is 7.05 Å². The highest BCUT2D eigenvalue weighted by Gasteiger charge is 2.35. The van der Waals surface area contributed by atoms with Crippen LogP contribution in [-0.2, 0) is 0 Å². The van der Waals surface area contributed by atoms with E-state index >= 15 is 0 Å². The minimum absolute atomic E-state index is 0.298. The summed E-state index contributed by atoms with van der Waals surface area (Å²) in [5.41, 5.74) is 5.06. The lowest BCUT2D eigenvalue weighted by Crippen LogP contribution is -2.38. The number of fused-ring (bicyclic) bond motifs is 2. The number of hydrogen-bond acceptors (Lipinski definition) is 4. The van der Waals surface area contributed by atoms with Crippen LogP contribution in [0.15, 0.2) is 76.1 Å². The number of aryl methyl sites for hydroxylation is 1. The second-order valence-electron chi connectivity index (χ2n) is 6.55. The first-order valence-corrected chi connectivity index (χ1v) is 8.45. The molecule has 126 valence electrons. The Kier molecular flexibility index (Phi) is 3.05. The Morgan fingerprint density at radius 2 is 1.88 bits per heavy atom. The van der Waals surface area contributed by atoms with Gasteiger partial charge in [-0.1, -0.05) is 30.3 Å². The summed E-state index contributed by atoms with van der Waals surface area (Å²) in [5.74, 6) is 1.51. The lowest BCUT2D eigenvalue weighted by atomic mass is 10.1. The molecule has 1 atom stereocenters. The summed E-state index contributed by atoms with van der Waals surface area (Å²) >= 11 is 0. The fourth-order valence-corrected chi connectivity index (χ4v) is 3.31. The molecule has 2 aliphatic heterocycles. The molecule has 3 aromatic rings. The summed E-state index contributed by atoms with van der Waals surface area (Å²) in [6.45, 7) is 2.09. The molecule has 2 aliphatic rings. The molecule has 0 spiro atoms. The number of pyridine rings is 1. The van der Waals surface area contributed by atoms with Crippen molar-refractivity contribution in [3.05, 3.63) is 72.3 Å². The van der Waals surface area contributed by atoms with Crippen LogP contribution in [0.4, 0.5) is 0 Å². The van der Waals surface area contributed by atoms with E-state index in [1.807, 2.05) is 49.8 Å². The molecule has 0 saturated carbocycles. The monoisotopic (exact) mass is 341 g/mol. The highest BCUT2D eigenvalue weighted by atomic mass is 15.7. The van der Waals surface area contributed by atoms with Gasteiger partial charge in [0, 0.05) is 23.0 Å². The first-order valence-electron chi connectivity index (χ1n) is 8.45. The van der Waals surface area contributed by atoms with E-state index in [1.54, 1.807) is 12.4 Å². The molecule has 2 aromatic heterocycles. The predicted molar refractivity (Wildman–Crippen MR) is 103 cm³/mol. The second kappa shape index (κ2) is 5.31. The van der Waals surface area contributed by atoms with Gasteiger partial charge in [0.1, 0.15) is 25.1 Å². The quantitative estimate of drug-likeness (QED) is 0.659. The molecule has 6 heteroatoms. The second-order valence-corrected chi connectivity index (χ2v) is 6.55. The molecule has 4 heterocycles. The Morgan fingerprint density at radius 3 is 2.69 bits per heavy atom. The lowest BCUT2D eigenvalue weighted by Gasteiger charge is -2.18. The zero-order valence-electron chi connectivity index (χ0n) is 14.5. The van der Waals surface area contributed by atoms with E-state index in [1.165, 1.54) is 0 Å². The van der Waals surface area contributed by atoms with Crippen LogP contribution in [0, 0.1) is 6.92 Å². The summed E-state index contributed by atoms with van der Waals surface area (Å²) in [4.78, 5) is 13.6. The molecule has 0 aliphatic carbocycles. The Hall–Kier alpha value is -3.38. The third-order valence-electron chi connectivity index (χ3n) is 4.79. The largest absolute Gasteiger partial charge is 0.304 e. The van der Waals surface area contributed by atoms with Crippen LogP contribution >= 0.6 is 0 Å². The summed E-state index contributed by atoms with van der Waals surface area (Å²) in [7, 11) is 1.99. The topological polar surface area (TPSA) is 54.4 Å². The van der Waals surface area contributed by atoms with Crippen molar-refractivity contribution < 1.29 is 4.59 Å². The molecular weight excluding hydrogens is 324 g/mol. The zero-order chi connectivity index (χ0) is 17.7. The Labute approximate surface area is 150 Å². The molecule has 1 aromatic carbocycles. The van der Waals surface area contributed by atoms with Crippen molar-refractivity contribution in [2.24, 2.45) is 15.1 Å². The zero-order valence-corrected chi connectivity index (χ0v) is 14.5. The Bertz CT molecular complexity index is 1150. The van der Waals surface area contributed by atoms with Gasteiger partial charge >= 0.3 is 0 Å². The van der Waals surface area contributed by atoms with E-state index in [-0.39, 0.29) is 0 Å². The molecule has 0 radical (unpaired) electrons. The standard InChI is InChI=1S/C20H17N6/c1-14-19(15-6-4-3-5-7-15)22-17-12-16(8-10-25(14)17)20-23-18-13-21-9-11-26(18,2)24-20/h3-13H,1-2H3/q+1. The van der Waals surface area contributed by atoms with Gasteiger partial charge in [-0.3, -0.25) is 4.99 Å². The average Bonchev–Trinajstić information content (AvgIpc) is 3.19. The van der Waals surface area contributed by atoms with Crippen molar-refractivity contribution in [2.45, 2.75) is 6.92 Å². The van der Waals surface area contributed by atoms with Crippen molar-refractivity contribution in [1.82, 2.24) is 9.38 Å². The van der Waals surface area contributed by atoms with Crippen molar-refractivity contribution in [3.8, 4) is 11.3 Å². The summed E-state index contributed by atoms with van der Waals surface area (Å²) in [6.07, 6.45) is 7.45. The first kappa shape index (κ1) is 14.9. The van der Waals surface area contributed by atoms with Crippen LogP contribution in [0.5, 0.6) is 0 Å². The summed E-state index contributed by atoms with van der Waals surface area (Å²) in [5, 5.41) is 4.74. The molecule has 0 fully saturated rings. The van der Waals surface area contributed by atoms with Crippen LogP contribution in [-0.4, -0.2) is 38.9 Å². The normalized spacial score (nSPS) is 21.0. The third kappa shape index (κ3) is 2.16. The molecule has 0 N–H and O–H groups in total. The van der Waals surface area contributed by atoms with Crippen LogP contribution in [0.3, 0.4) is 0 Å². The number of hydrogen-bond donors (Lipinski definition) is 0. The minimum Gasteiger partial charge on any atom is -0.304 e. The van der Waals surface area contributed by atoms with Gasteiger partial charge in [0.05, 0.1) is 11.9 Å². The Balaban J connectivity index is 1.62. The van der Waals surface area contributed by atoms with Crippen molar-refractivity contribution in [1.29, 1.82) is 0 Å². The van der Waals surface area contributed by atoms with E-state index in [2.05, 4.69) is 33.4 Å². The molecular formula is C20H17N6+. The van der Waals surface area contributed by atoms with Crippen molar-refractivity contribution >= 4 is 23.5 Å². The molecule has 0 amide bonds. The predicted octanol–water partition coefficient (Wildman–Crippen LogP) is 3.39. The van der Waals surface area contributed by atoms with Crippen LogP contribution in [0.1, 0.15) is 11.3 Å². The van der Waals surface area contributed by atoms with Crippen LogP contribution in [0.25, 0.3) is 16.9 Å². The minimum atomic E-state index is 0.298. The highest BCUT2D eigenvalue weighted by molar-refractivity contribution is 6.31. The number of rotatable bonds is 2. The van der Waals surface area contributed by atoms with E-state index in [9.17, 15) is 0 Å². The maximum absolute atomic E-state index is 4.84. The summed E-state index contributed by atoms with van der Waals surface area (Å²) in [6, 6.07) is 14.3. The molecule has 6 nitrogen and oxygen atoms in total. The van der Waals surface area contributed by atoms with Crippen LogP contribution in [0.2, 0.25) is 0 Å². The van der Waals surface area contributed by atoms with Gasteiger partial charge in [-0.2, -0.15) is 4.99 Å². The van der Waals surface area contributed by atoms with Gasteiger partial charge < -0.3 is 4.40 Å². The average molecular weight is 341 g/mol. The lowest BCUT2D eigenvalue weighted by molar-refractivity contribution is -0.767. The van der Waals surface area contributed by atoms with E-state index in [0.717, 1.165) is 34.0 Å². The molecule has 5 rings (SSSR count). The number of quaternary nitrogens is 1. The van der Waals surface area contributed by atoms with Gasteiger partial charge in [-0.05, 0) is 24.2 Å². The van der Waals surface area contributed by atoms with E-state index < -0.39 is 0 Å². The SMILES string of the molecule is Cc1c(-c2ccccc2)nc2cc(C3=N[N+]4(C)C=CN=CC4=N3)ccn12.